The van der Waals surface area contributed by atoms with Gasteiger partial charge in [0.05, 0.1) is 159 Å². The van der Waals surface area contributed by atoms with Crippen LogP contribution in [-0.2, 0) is 90.0 Å². The molecule has 17 saturated heterocycles. The van der Waals surface area contributed by atoms with Crippen molar-refractivity contribution in [3.05, 3.63) is 60.7 Å². The zero-order valence-electron chi connectivity index (χ0n) is 93.4. The minimum Gasteiger partial charge on any atom is -0.400 e. The minimum atomic E-state index is -2.23. The Labute approximate surface area is 842 Å². The van der Waals surface area contributed by atoms with Gasteiger partial charge in [-0.3, -0.25) is 0 Å². The second kappa shape index (κ2) is 47.1. The highest BCUT2D eigenvalue weighted by molar-refractivity contribution is 7.35. The maximum absolute atomic E-state index is 9.87. The van der Waals surface area contributed by atoms with Crippen molar-refractivity contribution in [1.82, 2.24) is 0 Å². The molecule has 138 heavy (non-hydrogen) atoms. The van der Waals surface area contributed by atoms with Crippen LogP contribution in [0.1, 0.15) is 272 Å². The van der Waals surface area contributed by atoms with Crippen LogP contribution < -0.4 is 10.4 Å². The number of benzene rings is 2. The molecule has 0 spiro atoms. The molecule has 2 aromatic rings. The van der Waals surface area contributed by atoms with E-state index < -0.39 is 102 Å². The third-order valence-electron chi connectivity index (χ3n) is 34.2. The van der Waals surface area contributed by atoms with Crippen molar-refractivity contribution in [2.45, 2.75) is 512 Å². The fourth-order valence-electron chi connectivity index (χ4n) is 25.2. The number of hydrogen-bond acceptors (Lipinski definition) is 30. The summed E-state index contributed by atoms with van der Waals surface area (Å²) >= 11 is 11.8. The second-order valence-electron chi connectivity index (χ2n) is 43.7. The molecular formula is C105H184Cl2O30Si. The fourth-order valence-corrected chi connectivity index (χ4v) is 29.3. The highest BCUT2D eigenvalue weighted by Crippen LogP contribution is 2.56. The molecule has 0 amide bonds. The largest absolute Gasteiger partial charge is 0.400 e. The van der Waals surface area contributed by atoms with Crippen LogP contribution in [-0.4, -0.2) is 344 Å². The Morgan fingerprint density at radius 2 is 0.688 bits per heavy atom. The van der Waals surface area contributed by atoms with E-state index >= 15 is 0 Å². The fraction of sp³-hybridized carbons (Fsp3) is 0.886. The van der Waals surface area contributed by atoms with Crippen LogP contribution in [0.25, 0.3) is 0 Å². The Bertz CT molecular complexity index is 3730. The first-order chi connectivity index (χ1) is 65.9. The van der Waals surface area contributed by atoms with Crippen LogP contribution in [0.3, 0.4) is 0 Å². The zero-order valence-corrected chi connectivity index (χ0v) is 91.9. The van der Waals surface area contributed by atoms with Gasteiger partial charge in [0.25, 0.3) is 0 Å². The van der Waals surface area contributed by atoms with Crippen LogP contribution in [0.4, 0.5) is 0 Å². The Kier molecular flexibility index (Phi) is 39.1. The molecule has 2 aromatic carbocycles. The predicted molar refractivity (Wildman–Crippen MR) is 530 cm³/mol. The number of hydrogen-bond donors (Lipinski definition) is 11. The highest BCUT2D eigenvalue weighted by atomic mass is 35.6. The molecule has 0 aliphatic carbocycles. The molecule has 0 radical (unpaired) electrons. The zero-order chi connectivity index (χ0) is 108. The van der Waals surface area contributed by atoms with Gasteiger partial charge in [-0.25, -0.2) is 0 Å². The first-order valence-corrected chi connectivity index (χ1v) is 54.2. The van der Waals surface area contributed by atoms with Crippen LogP contribution >= 0.6 is 22.7 Å². The van der Waals surface area contributed by atoms with Gasteiger partial charge in [0.15, 0.2) is 24.2 Å². The summed E-state index contributed by atoms with van der Waals surface area (Å²) in [5.74, 6) is 0.756. The van der Waals surface area contributed by atoms with Crippen LogP contribution in [0.5, 0.6) is 0 Å². The number of aliphatic hydroxyl groups excluding tert-OH is 11. The van der Waals surface area contributed by atoms with Crippen molar-refractivity contribution in [2.75, 3.05) is 39.9 Å². The van der Waals surface area contributed by atoms with Crippen molar-refractivity contribution in [2.24, 2.45) is 41.4 Å². The molecule has 17 aliphatic heterocycles. The maximum Gasteiger partial charge on any atom is 0.222 e. The molecule has 30 nitrogen and oxygen atoms in total. The Morgan fingerprint density at radius 1 is 0.384 bits per heavy atom. The summed E-state index contributed by atoms with van der Waals surface area (Å²) in [4.78, 5) is 0. The monoisotopic (exact) mass is 2030 g/mol. The van der Waals surface area contributed by atoms with E-state index in [0.717, 1.165) is 25.7 Å². The second-order valence-corrected chi connectivity index (χ2v) is 49.4. The molecule has 12 bridgehead atoms. The summed E-state index contributed by atoms with van der Waals surface area (Å²) < 4.78 is 134. The van der Waals surface area contributed by atoms with Crippen LogP contribution in [0.2, 0.25) is 5.04 Å². The predicted octanol–water partition coefficient (Wildman–Crippen LogP) is 11.8. The Balaban J connectivity index is 0.000000192. The van der Waals surface area contributed by atoms with Gasteiger partial charge in [-0.1, -0.05) is 165 Å². The molecule has 7 unspecified atom stereocenters. The molecule has 17 fully saturated rings. The van der Waals surface area contributed by atoms with E-state index in [1.807, 2.05) is 109 Å². The molecule has 802 valence electrons. The lowest BCUT2D eigenvalue weighted by molar-refractivity contribution is -0.255. The SMILES string of the molecule is CC(C)(C)[Si](Cl)(c1ccccc1)c1ccccc1.CC1O[C@@H]2[C@H](C)O[C@@]1(CO)[C@@H]2O.CC1O[C@@H]2[C@H](C)O[C@@]1(CO)[C@H]2C.CC[C@@]12O[C@@H](C)[C@@H](OC1C)[C@@H]2C.CC[C@@]12O[C@@H](C)[C@@H](OC1C)[C@@H]2C.CC[C@@]12O[C@@H](C)[C@@H](OC1C)[C@H]2O.CC[C@]1(C(C)C)O[C@@H]2OC(C)(C)O[C@@H]2[C@@H]1C.C[C@@H]1O[C@](CO)([C@H](C)O)[C@@H](C)[C@H]1O.C[C@H](O)[C@@]1(CO)O[C@@H]2OC(C)(C)O[C@@H]2[C@@H]1C.[2H]C([3H])Cl.[2H]C[C@@]12O[C@@H](C)[C@@H](OC1C)[C@H]2O.[3H]OC. The standard InChI is InChI=1S/C16H19ClSi.C13H24O3.C11H20O5.2C10H18O2.C9H18O4.2C9H16O3.C8H14O4.C8H14O3.CH3Cl.CH4O/c1-16(2,3)18(17,14-10-6-4-7-11-14)15-12-8-5-9-13-15;1-7-13(8(2)3)9(4)10-11(16-13)15-12(5,6)14-10;1-6-8-9(15-10(3,4)14-8)16-11(6,5-12)7(2)13;2*1-5-10-6(2)9(7(3)12-10)11-8(10)4;1-5-8(12)6(2)13-9(5,4-10)7(3)11;1-5-8-6(2)12-9(5,4-10)7(3)11-8;1-4-9-6(3)11-7(8(9)10)5(2)12-9;1-4-6-7(10)8(3-9,12-4)5(2)11-6;1-4-6-7(9)8(3,11-4)5(2)10-6;2*1-2/h4-13H,1-3H3;8-11H,7H2,1-6H3;6-9,12-13H,5H2,1-4H3;2*6-9H,5H2,1-4H3;5-8,10-12H,4H2,1-3H3;2*5-8,10H,4H2,1-3H3;4-7,9-10H,3H2,1-2H3;4-7,9H,1-3H3;1H3;2H,1H3/t;9-,10+,11-,13+;6-,7-,8+,9-,11-;2*6-,7-,8?,9-,10-;5-,6-,7-,8+,9-;5-,6-,7?,8-,9-;5-,6?,7+,8+,9+;2*4-,5?,6+,7+,8+;;/m.000000000../s1/i;;;;;;;;;3D;1TD;2T. The third-order valence-corrected chi connectivity index (χ3v) is 41.6. The molecule has 45 atom stereocenters. The van der Waals surface area contributed by atoms with E-state index in [4.69, 9.17) is 112 Å². The lowest BCUT2D eigenvalue weighted by Crippen LogP contribution is -2.59. The van der Waals surface area contributed by atoms with Crippen LogP contribution in [0.15, 0.2) is 60.7 Å². The molecule has 0 saturated carbocycles. The molecule has 0 aromatic heterocycles. The quantitative estimate of drug-likeness (QED) is 0.0504. The first kappa shape index (κ1) is 115. The average molecular weight is 2030 g/mol. The third kappa shape index (κ3) is 22.0. The van der Waals surface area contributed by atoms with Crippen molar-refractivity contribution >= 4 is 40.4 Å². The number of fused-ring (bicyclic) bond motifs is 14. The van der Waals surface area contributed by atoms with E-state index in [-0.39, 0.29) is 189 Å². The Hall–Kier alpha value is -1.96. The molecule has 17 heterocycles. The number of aliphatic hydroxyl groups is 11. The van der Waals surface area contributed by atoms with E-state index in [9.17, 15) is 46.0 Å². The maximum atomic E-state index is 9.87. The molecule has 11 N–H and O–H groups in total. The lowest BCUT2D eigenvalue weighted by Gasteiger charge is -2.38. The van der Waals surface area contributed by atoms with E-state index in [1.165, 1.54) is 17.5 Å². The van der Waals surface area contributed by atoms with Gasteiger partial charge in [-0.2, -0.15) is 11.1 Å². The Morgan fingerprint density at radius 3 is 0.928 bits per heavy atom. The number of alkyl halides is 1. The van der Waals surface area contributed by atoms with Gasteiger partial charge in [0.2, 0.25) is 8.81 Å². The van der Waals surface area contributed by atoms with Gasteiger partial charge >= 0.3 is 0 Å². The van der Waals surface area contributed by atoms with Crippen molar-refractivity contribution in [3.8, 4) is 0 Å². The molecule has 17 aliphatic rings. The number of halogens is 2. The average Bonchev–Trinajstić information content (AvgIpc) is 1.94. The van der Waals surface area contributed by atoms with Crippen molar-refractivity contribution < 1.29 is 150 Å². The number of rotatable bonds is 13. The van der Waals surface area contributed by atoms with Crippen molar-refractivity contribution in [3.63, 3.8) is 0 Å². The van der Waals surface area contributed by atoms with Gasteiger partial charge < -0.3 is 146 Å². The summed E-state index contributed by atoms with van der Waals surface area (Å²) in [5.41, 5.74) is -4.52. The van der Waals surface area contributed by atoms with Crippen molar-refractivity contribution in [1.29, 1.82) is 1.43 Å². The summed E-state index contributed by atoms with van der Waals surface area (Å²) in [5, 5.41) is 101. The van der Waals surface area contributed by atoms with E-state index in [0.29, 0.717) is 41.8 Å². The van der Waals surface area contributed by atoms with Gasteiger partial charge in [0.1, 0.15) is 82.4 Å². The normalized spacial score (nSPS) is 48.0. The van der Waals surface area contributed by atoms with Gasteiger partial charge in [-0.15, -0.1) is 11.6 Å². The van der Waals surface area contributed by atoms with Crippen LogP contribution in [0, 0.1) is 41.4 Å². The summed E-state index contributed by atoms with van der Waals surface area (Å²) in [6.07, 6.45) is -1.37. The molecular weight excluding hydrogens is 1840 g/mol. The first-order valence-electron chi connectivity index (χ1n) is 53.0. The van der Waals surface area contributed by atoms with E-state index in [2.05, 4.69) is 176 Å². The minimum absolute atomic E-state index is 0.0179. The smallest absolute Gasteiger partial charge is 0.222 e. The highest BCUT2D eigenvalue weighted by Gasteiger charge is 2.69. The van der Waals surface area contributed by atoms with E-state index in [1.54, 1.807) is 27.7 Å². The molecule has 19 rings (SSSR count). The lowest BCUT2D eigenvalue weighted by atomic mass is 9.77. The van der Waals surface area contributed by atoms with Gasteiger partial charge in [-0.05, 0) is 185 Å². The topological polar surface area (TPSA) is 398 Å². The van der Waals surface area contributed by atoms with Gasteiger partial charge in [0, 0.05) is 53.1 Å². The summed E-state index contributed by atoms with van der Waals surface area (Å²) in [6, 6.07) is 21.1. The summed E-state index contributed by atoms with van der Waals surface area (Å²) in [6.45, 7) is 67.9. The summed E-state index contributed by atoms with van der Waals surface area (Å²) in [7, 11) is -0.939. The number of ether oxygens (including phenoxy) is 19. The molecule has 33 heteroatoms.